The topological polar surface area (TPSA) is 32.9 Å². The molecule has 3 aromatic rings. The summed E-state index contributed by atoms with van der Waals surface area (Å²) in [6.45, 7) is 1.92. The molecule has 4 heteroatoms. The lowest BCUT2D eigenvalue weighted by Gasteiger charge is -2.04. The molecule has 0 unspecified atom stereocenters. The predicted octanol–water partition coefficient (Wildman–Crippen LogP) is 4.50. The third-order valence-corrected chi connectivity index (χ3v) is 3.65. The quantitative estimate of drug-likeness (QED) is 0.692. The van der Waals surface area contributed by atoms with Gasteiger partial charge in [-0.05, 0) is 30.7 Å². The van der Waals surface area contributed by atoms with E-state index in [0.29, 0.717) is 5.56 Å². The Labute approximate surface area is 120 Å². The third-order valence-electron chi connectivity index (χ3n) is 3.35. The summed E-state index contributed by atoms with van der Waals surface area (Å²) >= 11 is 5.73. The highest BCUT2D eigenvalue weighted by Gasteiger charge is 2.19. The van der Waals surface area contributed by atoms with E-state index in [1.165, 1.54) is 12.1 Å². The van der Waals surface area contributed by atoms with Crippen LogP contribution in [0.15, 0.2) is 42.6 Å². The zero-order valence-electron chi connectivity index (χ0n) is 10.7. The minimum Gasteiger partial charge on any atom is -0.360 e. The number of nitrogens with one attached hydrogen (secondary N) is 1. The Balaban J connectivity index is 2.21. The highest BCUT2D eigenvalue weighted by atomic mass is 35.5. The number of H-pyrrole nitrogens is 1. The maximum absolute atomic E-state index is 14.0. The van der Waals surface area contributed by atoms with E-state index >= 15 is 0 Å². The first kappa shape index (κ1) is 12.9. The van der Waals surface area contributed by atoms with Gasteiger partial charge in [-0.15, -0.1) is 0 Å². The van der Waals surface area contributed by atoms with Gasteiger partial charge in [-0.25, -0.2) is 4.39 Å². The van der Waals surface area contributed by atoms with E-state index in [1.807, 2.05) is 25.1 Å². The molecule has 1 aromatic heterocycles. The summed E-state index contributed by atoms with van der Waals surface area (Å²) in [5, 5.41) is 0.768. The van der Waals surface area contributed by atoms with Gasteiger partial charge in [0.25, 0.3) is 0 Å². The van der Waals surface area contributed by atoms with Crippen molar-refractivity contribution >= 4 is 28.3 Å². The molecular weight excluding hydrogens is 277 g/mol. The van der Waals surface area contributed by atoms with Crippen LogP contribution >= 0.6 is 11.6 Å². The number of carbonyl (C=O) groups excluding carboxylic acids is 1. The summed E-state index contributed by atoms with van der Waals surface area (Å²) in [5.41, 5.74) is 2.27. The minimum absolute atomic E-state index is 0.0124. The lowest BCUT2D eigenvalue weighted by atomic mass is 10.00. The van der Waals surface area contributed by atoms with Crippen LogP contribution in [0.25, 0.3) is 10.9 Å². The maximum atomic E-state index is 14.0. The van der Waals surface area contributed by atoms with Crippen LogP contribution in [-0.4, -0.2) is 10.8 Å². The fourth-order valence-corrected chi connectivity index (χ4v) is 2.55. The number of hydrogen-bond acceptors (Lipinski definition) is 1. The average molecular weight is 288 g/mol. The number of aryl methyl sites for hydroxylation is 1. The van der Waals surface area contributed by atoms with Crippen molar-refractivity contribution in [3.05, 3.63) is 70.1 Å². The molecule has 1 heterocycles. The van der Waals surface area contributed by atoms with E-state index in [-0.39, 0.29) is 16.4 Å². The molecule has 0 bridgehead atoms. The van der Waals surface area contributed by atoms with Gasteiger partial charge < -0.3 is 4.98 Å². The summed E-state index contributed by atoms with van der Waals surface area (Å²) in [6, 6.07) is 10.1. The summed E-state index contributed by atoms with van der Waals surface area (Å²) in [4.78, 5) is 15.6. The summed E-state index contributed by atoms with van der Waals surface area (Å²) in [6.07, 6.45) is 1.61. The van der Waals surface area contributed by atoms with Gasteiger partial charge >= 0.3 is 0 Å². The molecule has 0 radical (unpaired) electrons. The molecule has 0 aliphatic heterocycles. The molecule has 2 aromatic carbocycles. The number of carbonyl (C=O) groups is 1. The molecule has 0 aliphatic rings. The molecule has 100 valence electrons. The maximum Gasteiger partial charge on any atom is 0.198 e. The van der Waals surface area contributed by atoms with Gasteiger partial charge in [0, 0.05) is 22.7 Å². The van der Waals surface area contributed by atoms with E-state index < -0.39 is 5.82 Å². The normalized spacial score (nSPS) is 10.9. The van der Waals surface area contributed by atoms with Gasteiger partial charge in [-0.2, -0.15) is 0 Å². The van der Waals surface area contributed by atoms with Crippen molar-refractivity contribution in [1.29, 1.82) is 0 Å². The zero-order chi connectivity index (χ0) is 14.3. The van der Waals surface area contributed by atoms with Gasteiger partial charge in [0.05, 0.1) is 10.6 Å². The molecule has 1 N–H and O–H groups in total. The van der Waals surface area contributed by atoms with Gasteiger partial charge in [-0.1, -0.05) is 29.8 Å². The first-order valence-corrected chi connectivity index (χ1v) is 6.53. The van der Waals surface area contributed by atoms with Crippen LogP contribution in [0.4, 0.5) is 4.39 Å². The SMILES string of the molecule is Cc1cccc2[nH]cc(C(=O)c3cccc(Cl)c3F)c12. The van der Waals surface area contributed by atoms with Crippen molar-refractivity contribution in [2.75, 3.05) is 0 Å². The van der Waals surface area contributed by atoms with Crippen molar-refractivity contribution in [3.63, 3.8) is 0 Å². The third kappa shape index (κ3) is 1.91. The van der Waals surface area contributed by atoms with Crippen LogP contribution in [0, 0.1) is 12.7 Å². The smallest absolute Gasteiger partial charge is 0.198 e. The van der Waals surface area contributed by atoms with Crippen molar-refractivity contribution in [2.24, 2.45) is 0 Å². The summed E-state index contributed by atoms with van der Waals surface area (Å²) in [5.74, 6) is -1.05. The second-order valence-electron chi connectivity index (χ2n) is 4.63. The van der Waals surface area contributed by atoms with Crippen molar-refractivity contribution in [1.82, 2.24) is 4.98 Å². The Morgan fingerprint density at radius 1 is 1.15 bits per heavy atom. The first-order chi connectivity index (χ1) is 9.59. The Bertz CT molecular complexity index is 822. The van der Waals surface area contributed by atoms with Crippen LogP contribution in [0.5, 0.6) is 0 Å². The Morgan fingerprint density at radius 2 is 1.90 bits per heavy atom. The number of aromatic amines is 1. The number of halogens is 2. The fourth-order valence-electron chi connectivity index (χ4n) is 2.37. The van der Waals surface area contributed by atoms with Crippen LogP contribution in [0.2, 0.25) is 5.02 Å². The number of rotatable bonds is 2. The number of hydrogen-bond donors (Lipinski definition) is 1. The molecule has 0 saturated carbocycles. The van der Waals surface area contributed by atoms with Crippen LogP contribution in [0.1, 0.15) is 21.5 Å². The van der Waals surface area contributed by atoms with Crippen LogP contribution < -0.4 is 0 Å². The molecule has 0 saturated heterocycles. The van der Waals surface area contributed by atoms with Crippen LogP contribution in [0.3, 0.4) is 0 Å². The first-order valence-electron chi connectivity index (χ1n) is 6.15. The molecule has 0 fully saturated rings. The van der Waals surface area contributed by atoms with Crippen molar-refractivity contribution in [3.8, 4) is 0 Å². The zero-order valence-corrected chi connectivity index (χ0v) is 11.5. The minimum atomic E-state index is -0.679. The van der Waals surface area contributed by atoms with E-state index in [2.05, 4.69) is 4.98 Å². The van der Waals surface area contributed by atoms with Gasteiger partial charge in [0.1, 0.15) is 0 Å². The highest BCUT2D eigenvalue weighted by molar-refractivity contribution is 6.31. The molecule has 0 spiro atoms. The standard InChI is InChI=1S/C16H11ClFNO/c1-9-4-2-7-13-14(9)11(8-19-13)16(20)10-5-3-6-12(17)15(10)18/h2-8,19H,1H3. The molecule has 20 heavy (non-hydrogen) atoms. The van der Waals surface area contributed by atoms with Gasteiger partial charge in [0.2, 0.25) is 0 Å². The Kier molecular flexibility index (Phi) is 3.07. The molecule has 2 nitrogen and oxygen atoms in total. The lowest BCUT2D eigenvalue weighted by molar-refractivity contribution is 0.103. The van der Waals surface area contributed by atoms with E-state index in [1.54, 1.807) is 12.3 Å². The molecule has 0 amide bonds. The largest absolute Gasteiger partial charge is 0.360 e. The van der Waals surface area contributed by atoms with E-state index in [0.717, 1.165) is 16.5 Å². The van der Waals surface area contributed by atoms with Crippen LogP contribution in [-0.2, 0) is 0 Å². The predicted molar refractivity (Wildman–Crippen MR) is 77.9 cm³/mol. The number of fused-ring (bicyclic) bond motifs is 1. The van der Waals surface area contributed by atoms with Crippen molar-refractivity contribution < 1.29 is 9.18 Å². The second kappa shape index (κ2) is 4.76. The monoisotopic (exact) mass is 287 g/mol. The Morgan fingerprint density at radius 3 is 2.70 bits per heavy atom. The van der Waals surface area contributed by atoms with Crippen molar-refractivity contribution in [2.45, 2.75) is 6.92 Å². The van der Waals surface area contributed by atoms with E-state index in [9.17, 15) is 9.18 Å². The molecule has 0 aliphatic carbocycles. The Hall–Kier alpha value is -2.13. The fraction of sp³-hybridized carbons (Fsp3) is 0.0625. The average Bonchev–Trinajstić information content (AvgIpc) is 2.86. The highest BCUT2D eigenvalue weighted by Crippen LogP contribution is 2.26. The molecule has 0 atom stereocenters. The van der Waals surface area contributed by atoms with E-state index in [4.69, 9.17) is 11.6 Å². The number of benzene rings is 2. The number of aromatic nitrogens is 1. The second-order valence-corrected chi connectivity index (χ2v) is 5.04. The summed E-state index contributed by atoms with van der Waals surface area (Å²) in [7, 11) is 0. The lowest BCUT2D eigenvalue weighted by Crippen LogP contribution is -2.04. The van der Waals surface area contributed by atoms with Gasteiger partial charge in [0.15, 0.2) is 11.6 Å². The van der Waals surface area contributed by atoms with Gasteiger partial charge in [-0.3, -0.25) is 4.79 Å². The molecular formula is C16H11ClFNO. The summed E-state index contributed by atoms with van der Waals surface area (Å²) < 4.78 is 14.0. The molecule has 3 rings (SSSR count). The number of ketones is 1.